The number of carboxylic acid groups (broad SMARTS) is 1. The molecular formula is CH2NNaO5. The van der Waals surface area contributed by atoms with Gasteiger partial charge < -0.3 is 20.4 Å². The van der Waals surface area contributed by atoms with E-state index in [1.54, 1.807) is 0 Å². The van der Waals surface area contributed by atoms with E-state index in [2.05, 4.69) is 0 Å². The van der Waals surface area contributed by atoms with Crippen molar-refractivity contribution in [1.29, 1.82) is 0 Å². The molecule has 0 heterocycles. The van der Waals surface area contributed by atoms with E-state index in [9.17, 15) is 0 Å². The van der Waals surface area contributed by atoms with Crippen LogP contribution < -0.4 is 29.6 Å². The largest absolute Gasteiger partial charge is 1.00 e. The van der Waals surface area contributed by atoms with Gasteiger partial charge in [0.15, 0.2) is 0 Å². The minimum absolute atomic E-state index is 0. The Bertz CT molecular complexity index is 59.4. The molecule has 8 heavy (non-hydrogen) atoms. The van der Waals surface area contributed by atoms with Crippen molar-refractivity contribution in [3.8, 4) is 0 Å². The molecule has 0 aromatic carbocycles. The van der Waals surface area contributed by atoms with Crippen molar-refractivity contribution in [3.05, 3.63) is 15.3 Å². The van der Waals surface area contributed by atoms with Crippen molar-refractivity contribution >= 4 is 6.47 Å². The molecule has 0 saturated carbocycles. The van der Waals surface area contributed by atoms with Gasteiger partial charge in [-0.2, -0.15) is 0 Å². The molecule has 0 aliphatic rings. The Morgan fingerprint density at radius 2 is 1.50 bits per heavy atom. The van der Waals surface area contributed by atoms with Crippen LogP contribution in [-0.4, -0.2) is 16.7 Å². The summed E-state index contributed by atoms with van der Waals surface area (Å²) in [6.07, 6.45) is 0. The summed E-state index contributed by atoms with van der Waals surface area (Å²) < 4.78 is 0. The number of hydrogen-bond acceptors (Lipinski definition) is 4. The zero-order valence-corrected chi connectivity index (χ0v) is 6.10. The maximum Gasteiger partial charge on any atom is 1.00 e. The molecule has 0 fully saturated rings. The van der Waals surface area contributed by atoms with Gasteiger partial charge in [-0.3, -0.25) is 4.79 Å². The van der Waals surface area contributed by atoms with Crippen molar-refractivity contribution in [2.45, 2.75) is 0 Å². The molecular weight excluding hydrogens is 129 g/mol. The number of nitrogens with zero attached hydrogens (tertiary/aromatic N) is 1. The Morgan fingerprint density at radius 3 is 1.50 bits per heavy atom. The summed E-state index contributed by atoms with van der Waals surface area (Å²) in [7, 11) is 0. The van der Waals surface area contributed by atoms with Crippen LogP contribution in [0.15, 0.2) is 0 Å². The first-order chi connectivity index (χ1) is 3.15. The summed E-state index contributed by atoms with van der Waals surface area (Å²) in [5.41, 5.74) is 0. The Kier molecular flexibility index (Phi) is 31.1. The molecule has 0 amide bonds. The van der Waals surface area contributed by atoms with Gasteiger partial charge in [0.1, 0.15) is 0 Å². The summed E-state index contributed by atoms with van der Waals surface area (Å²) in [5, 5.41) is 21.6. The van der Waals surface area contributed by atoms with Crippen LogP contribution in [0, 0.1) is 15.3 Å². The summed E-state index contributed by atoms with van der Waals surface area (Å²) in [4.78, 5) is 16.6. The minimum atomic E-state index is -1.75. The van der Waals surface area contributed by atoms with Crippen LogP contribution >= 0.6 is 0 Å². The molecule has 6 nitrogen and oxygen atoms in total. The molecule has 0 atom stereocenters. The van der Waals surface area contributed by atoms with Crippen LogP contribution in [-0.2, 0) is 4.79 Å². The van der Waals surface area contributed by atoms with Gasteiger partial charge in [-0.25, -0.2) is 0 Å². The van der Waals surface area contributed by atoms with Gasteiger partial charge in [0.25, 0.3) is 6.47 Å². The second-order valence-corrected chi connectivity index (χ2v) is 0.329. The number of rotatable bonds is 0. The Hall–Kier alpha value is -0.330. The standard InChI is InChI=1S/CH2O2.NO3.Na/c2-1-3;2-1(3)4;/h1H,(H,2,3);;/q;-1;+1. The van der Waals surface area contributed by atoms with E-state index in [1.165, 1.54) is 0 Å². The molecule has 0 aromatic heterocycles. The van der Waals surface area contributed by atoms with E-state index in [1.807, 2.05) is 0 Å². The van der Waals surface area contributed by atoms with Crippen LogP contribution in [0.2, 0.25) is 0 Å². The summed E-state index contributed by atoms with van der Waals surface area (Å²) in [6.45, 7) is -0.250. The van der Waals surface area contributed by atoms with E-state index in [4.69, 9.17) is 25.2 Å². The van der Waals surface area contributed by atoms with Crippen LogP contribution in [0.5, 0.6) is 0 Å². The van der Waals surface area contributed by atoms with Crippen molar-refractivity contribution in [2.24, 2.45) is 0 Å². The summed E-state index contributed by atoms with van der Waals surface area (Å²) >= 11 is 0. The minimum Gasteiger partial charge on any atom is -0.483 e. The molecule has 0 bridgehead atoms. The van der Waals surface area contributed by atoms with Gasteiger partial charge in [-0.1, -0.05) is 0 Å². The second kappa shape index (κ2) is 15.9. The number of carbonyl (C=O) groups is 1. The van der Waals surface area contributed by atoms with Gasteiger partial charge in [-0.05, 0) is 0 Å². The first kappa shape index (κ1) is 15.6. The fourth-order valence-corrected chi connectivity index (χ4v) is 0. The predicted octanol–water partition coefficient (Wildman–Crippen LogP) is -3.53. The van der Waals surface area contributed by atoms with E-state index >= 15 is 0 Å². The average Bonchev–Trinajstić information content (AvgIpc) is 1.33. The van der Waals surface area contributed by atoms with Gasteiger partial charge in [0, 0.05) is 0 Å². The first-order valence-corrected chi connectivity index (χ1v) is 1.04. The van der Waals surface area contributed by atoms with Crippen LogP contribution in [0.1, 0.15) is 0 Å². The Balaban J connectivity index is -0.0000000575. The molecule has 42 valence electrons. The third-order valence-corrected chi connectivity index (χ3v) is 0. The molecule has 0 rings (SSSR count). The van der Waals surface area contributed by atoms with E-state index < -0.39 is 5.09 Å². The molecule has 0 unspecified atom stereocenters. The molecule has 1 N–H and O–H groups in total. The summed E-state index contributed by atoms with van der Waals surface area (Å²) in [5.74, 6) is 0. The Morgan fingerprint density at radius 1 is 1.50 bits per heavy atom. The van der Waals surface area contributed by atoms with Gasteiger partial charge >= 0.3 is 29.6 Å². The smallest absolute Gasteiger partial charge is 0.483 e. The number of hydrogen-bond donors (Lipinski definition) is 1. The van der Waals surface area contributed by atoms with Gasteiger partial charge in [0.05, 0.1) is 5.09 Å². The fraction of sp³-hybridized carbons (Fsp3) is 0. The normalized spacial score (nSPS) is 4.50. The van der Waals surface area contributed by atoms with E-state index in [0.717, 1.165) is 0 Å². The quantitative estimate of drug-likeness (QED) is 0.159. The fourth-order valence-electron chi connectivity index (χ4n) is 0. The van der Waals surface area contributed by atoms with Crippen molar-refractivity contribution in [3.63, 3.8) is 0 Å². The molecule has 0 aliphatic heterocycles. The molecule has 0 radical (unpaired) electrons. The molecule has 0 aliphatic carbocycles. The van der Waals surface area contributed by atoms with E-state index in [0.29, 0.717) is 0 Å². The van der Waals surface area contributed by atoms with Crippen molar-refractivity contribution < 1.29 is 44.5 Å². The summed E-state index contributed by atoms with van der Waals surface area (Å²) in [6, 6.07) is 0. The van der Waals surface area contributed by atoms with Crippen molar-refractivity contribution in [1.82, 2.24) is 0 Å². The SMILES string of the molecule is O=CO.O=[N+]([O-])[O-].[Na+]. The van der Waals surface area contributed by atoms with Gasteiger partial charge in [0.2, 0.25) is 0 Å². The van der Waals surface area contributed by atoms with Crippen LogP contribution in [0.4, 0.5) is 0 Å². The molecule has 0 aromatic rings. The maximum absolute atomic E-state index is 8.36. The average molecular weight is 131 g/mol. The topological polar surface area (TPSA) is 104 Å². The zero-order valence-electron chi connectivity index (χ0n) is 4.10. The third-order valence-electron chi connectivity index (χ3n) is 0. The van der Waals surface area contributed by atoms with Crippen LogP contribution in [0.25, 0.3) is 0 Å². The predicted molar refractivity (Wildman–Crippen MR) is 19.1 cm³/mol. The second-order valence-electron chi connectivity index (χ2n) is 0.329. The maximum atomic E-state index is 8.36. The van der Waals surface area contributed by atoms with E-state index in [-0.39, 0.29) is 36.0 Å². The third kappa shape index (κ3) is 1140. The molecule has 7 heteroatoms. The van der Waals surface area contributed by atoms with Gasteiger partial charge in [-0.15, -0.1) is 0 Å². The van der Waals surface area contributed by atoms with Crippen molar-refractivity contribution in [2.75, 3.05) is 0 Å². The first-order valence-electron chi connectivity index (χ1n) is 1.04. The molecule has 0 spiro atoms. The van der Waals surface area contributed by atoms with Crippen LogP contribution in [0.3, 0.4) is 0 Å². The zero-order chi connectivity index (χ0) is 6.28. The monoisotopic (exact) mass is 131 g/mol. The Labute approximate surface area is 66.5 Å². The molecule has 0 saturated heterocycles.